The van der Waals surface area contributed by atoms with Crippen molar-refractivity contribution >= 4 is 5.57 Å². The predicted octanol–water partition coefficient (Wildman–Crippen LogP) is 3.21. The van der Waals surface area contributed by atoms with Crippen LogP contribution in [0.25, 0.3) is 5.57 Å². The Kier molecular flexibility index (Phi) is 2.16. The zero-order valence-electron chi connectivity index (χ0n) is 8.47. The molecule has 0 N–H and O–H groups in total. The van der Waals surface area contributed by atoms with Crippen molar-refractivity contribution in [3.63, 3.8) is 0 Å². The van der Waals surface area contributed by atoms with Crippen LogP contribution in [0.3, 0.4) is 0 Å². The first-order chi connectivity index (χ1) is 6.72. The molecule has 0 unspecified atom stereocenters. The number of rotatable bonds is 1. The Hall–Kier alpha value is -1.50. The minimum atomic E-state index is 0.889. The highest BCUT2D eigenvalue weighted by atomic mass is 16.5. The van der Waals surface area contributed by atoms with E-state index >= 15 is 0 Å². The molecule has 1 aliphatic rings. The van der Waals surface area contributed by atoms with Crippen LogP contribution in [0.15, 0.2) is 36.9 Å². The molecule has 0 spiro atoms. The Bertz CT molecular complexity index is 402. The average molecular weight is 186 g/mol. The van der Waals surface area contributed by atoms with Crippen LogP contribution < -0.4 is 4.74 Å². The van der Waals surface area contributed by atoms with Crippen LogP contribution in [-0.2, 0) is 6.42 Å². The van der Waals surface area contributed by atoms with Crippen LogP contribution in [0.5, 0.6) is 5.75 Å². The first-order valence-electron chi connectivity index (χ1n) is 4.76. The third kappa shape index (κ3) is 1.35. The fraction of sp³-hybridized carbons (Fsp3) is 0.231. The number of ether oxygens (including phenoxy) is 1. The summed E-state index contributed by atoms with van der Waals surface area (Å²) < 4.78 is 5.19. The largest absolute Gasteiger partial charge is 0.497 e. The molecule has 0 saturated heterocycles. The van der Waals surface area contributed by atoms with E-state index in [1.54, 1.807) is 7.11 Å². The van der Waals surface area contributed by atoms with E-state index in [4.69, 9.17) is 4.74 Å². The number of hydrogen-bond donors (Lipinski definition) is 0. The summed E-state index contributed by atoms with van der Waals surface area (Å²) in [4.78, 5) is 0. The molecular formula is C13H14O. The summed E-state index contributed by atoms with van der Waals surface area (Å²) in [5.74, 6) is 0.889. The van der Waals surface area contributed by atoms with Crippen molar-refractivity contribution in [3.8, 4) is 5.75 Å². The molecule has 2 rings (SSSR count). The zero-order chi connectivity index (χ0) is 10.1. The zero-order valence-corrected chi connectivity index (χ0v) is 8.47. The van der Waals surface area contributed by atoms with Crippen LogP contribution in [0.1, 0.15) is 17.5 Å². The number of allylic oxidation sites excluding steroid dienone is 2. The Labute approximate surface area is 84.7 Å². The molecule has 0 atom stereocenters. The number of methoxy groups -OCH3 is 1. The number of benzene rings is 1. The maximum absolute atomic E-state index is 5.19. The molecule has 1 aliphatic carbocycles. The second-order valence-corrected chi connectivity index (χ2v) is 3.61. The Morgan fingerprint density at radius 1 is 1.21 bits per heavy atom. The van der Waals surface area contributed by atoms with E-state index in [-0.39, 0.29) is 0 Å². The summed E-state index contributed by atoms with van der Waals surface area (Å²) in [7, 11) is 1.68. The molecule has 14 heavy (non-hydrogen) atoms. The van der Waals surface area contributed by atoms with Crippen molar-refractivity contribution in [3.05, 3.63) is 48.1 Å². The van der Waals surface area contributed by atoms with Gasteiger partial charge < -0.3 is 4.74 Å². The van der Waals surface area contributed by atoms with Gasteiger partial charge in [0.2, 0.25) is 0 Å². The monoisotopic (exact) mass is 186 g/mol. The third-order valence-electron chi connectivity index (χ3n) is 2.77. The second kappa shape index (κ2) is 3.33. The van der Waals surface area contributed by atoms with Crippen molar-refractivity contribution in [2.24, 2.45) is 0 Å². The maximum Gasteiger partial charge on any atom is 0.119 e. The number of hydrogen-bond acceptors (Lipinski definition) is 1. The summed E-state index contributed by atoms with van der Waals surface area (Å²) in [5.41, 5.74) is 4.75. The van der Waals surface area contributed by atoms with Gasteiger partial charge in [-0.25, -0.2) is 0 Å². The van der Waals surface area contributed by atoms with Gasteiger partial charge in [0.25, 0.3) is 0 Å². The molecule has 0 bridgehead atoms. The Balaban J connectivity index is 2.51. The Morgan fingerprint density at radius 2 is 2.00 bits per heavy atom. The molecule has 1 nitrogen and oxygen atoms in total. The van der Waals surface area contributed by atoms with Crippen molar-refractivity contribution < 1.29 is 4.74 Å². The van der Waals surface area contributed by atoms with Gasteiger partial charge in [0.05, 0.1) is 7.11 Å². The van der Waals surface area contributed by atoms with E-state index in [0.29, 0.717) is 0 Å². The minimum absolute atomic E-state index is 0.889. The van der Waals surface area contributed by atoms with Crippen molar-refractivity contribution in [1.82, 2.24) is 0 Å². The fourth-order valence-corrected chi connectivity index (χ4v) is 1.81. The normalized spacial score (nSPS) is 15.2. The lowest BCUT2D eigenvalue weighted by Gasteiger charge is -2.20. The maximum atomic E-state index is 5.19. The SMILES string of the molecule is C=C1CCc2ccc(OC)cc2C1=C. The van der Waals surface area contributed by atoms with Gasteiger partial charge in [-0.1, -0.05) is 19.2 Å². The number of aryl methyl sites for hydroxylation is 1. The topological polar surface area (TPSA) is 9.23 Å². The molecule has 0 aliphatic heterocycles. The highest BCUT2D eigenvalue weighted by Gasteiger charge is 2.15. The second-order valence-electron chi connectivity index (χ2n) is 3.61. The van der Waals surface area contributed by atoms with Gasteiger partial charge in [-0.3, -0.25) is 0 Å². The molecule has 0 amide bonds. The van der Waals surface area contributed by atoms with Gasteiger partial charge in [-0.15, -0.1) is 0 Å². The summed E-state index contributed by atoms with van der Waals surface area (Å²) >= 11 is 0. The van der Waals surface area contributed by atoms with Gasteiger partial charge in [-0.2, -0.15) is 0 Å². The molecular weight excluding hydrogens is 172 g/mol. The van der Waals surface area contributed by atoms with Gasteiger partial charge in [0.15, 0.2) is 0 Å². The van der Waals surface area contributed by atoms with Crippen LogP contribution in [0, 0.1) is 0 Å². The molecule has 0 fully saturated rings. The van der Waals surface area contributed by atoms with Crippen LogP contribution >= 0.6 is 0 Å². The highest BCUT2D eigenvalue weighted by molar-refractivity contribution is 5.80. The van der Waals surface area contributed by atoms with Crippen molar-refractivity contribution in [2.45, 2.75) is 12.8 Å². The van der Waals surface area contributed by atoms with E-state index in [0.717, 1.165) is 29.7 Å². The van der Waals surface area contributed by atoms with Crippen LogP contribution in [-0.4, -0.2) is 7.11 Å². The highest BCUT2D eigenvalue weighted by Crippen LogP contribution is 2.34. The molecule has 0 saturated carbocycles. The van der Waals surface area contributed by atoms with Gasteiger partial charge >= 0.3 is 0 Å². The quantitative estimate of drug-likeness (QED) is 0.654. The van der Waals surface area contributed by atoms with E-state index in [9.17, 15) is 0 Å². The first-order valence-corrected chi connectivity index (χ1v) is 4.76. The van der Waals surface area contributed by atoms with E-state index < -0.39 is 0 Å². The van der Waals surface area contributed by atoms with Gasteiger partial charge in [0.1, 0.15) is 5.75 Å². The summed E-state index contributed by atoms with van der Waals surface area (Å²) in [6.07, 6.45) is 2.09. The molecule has 0 heterocycles. The van der Waals surface area contributed by atoms with Crippen molar-refractivity contribution in [2.75, 3.05) is 7.11 Å². The average Bonchev–Trinajstić information content (AvgIpc) is 2.23. The molecule has 1 aromatic carbocycles. The van der Waals surface area contributed by atoms with Crippen LogP contribution in [0.2, 0.25) is 0 Å². The van der Waals surface area contributed by atoms with Crippen molar-refractivity contribution in [1.29, 1.82) is 0 Å². The molecule has 1 heteroatoms. The lowest BCUT2D eigenvalue weighted by atomic mass is 9.85. The van der Waals surface area contributed by atoms with Crippen LogP contribution in [0.4, 0.5) is 0 Å². The van der Waals surface area contributed by atoms with E-state index in [1.807, 2.05) is 12.1 Å². The van der Waals surface area contributed by atoms with Gasteiger partial charge in [0, 0.05) is 0 Å². The molecule has 72 valence electrons. The summed E-state index contributed by atoms with van der Waals surface area (Å²) in [6.45, 7) is 8.07. The fourth-order valence-electron chi connectivity index (χ4n) is 1.81. The number of fused-ring (bicyclic) bond motifs is 1. The lowest BCUT2D eigenvalue weighted by Crippen LogP contribution is -2.03. The first kappa shape index (κ1) is 9.07. The summed E-state index contributed by atoms with van der Waals surface area (Å²) in [5, 5.41) is 0. The minimum Gasteiger partial charge on any atom is -0.497 e. The Morgan fingerprint density at radius 3 is 2.71 bits per heavy atom. The molecule has 1 aromatic rings. The smallest absolute Gasteiger partial charge is 0.119 e. The lowest BCUT2D eigenvalue weighted by molar-refractivity contribution is 0.414. The standard InChI is InChI=1S/C13H14O/c1-9-4-5-11-6-7-12(14-3)8-13(11)10(9)2/h6-8H,1-2,4-5H2,3H3. The van der Waals surface area contributed by atoms with Gasteiger partial charge in [-0.05, 0) is 47.2 Å². The van der Waals surface area contributed by atoms with E-state index in [2.05, 4.69) is 19.2 Å². The van der Waals surface area contributed by atoms with E-state index in [1.165, 1.54) is 11.1 Å². The third-order valence-corrected chi connectivity index (χ3v) is 2.77. The molecule has 0 aromatic heterocycles. The predicted molar refractivity (Wildman–Crippen MR) is 59.5 cm³/mol. The molecule has 0 radical (unpaired) electrons. The summed E-state index contributed by atoms with van der Waals surface area (Å²) in [6, 6.07) is 6.16.